The molecule has 1 unspecified atom stereocenters. The predicted molar refractivity (Wildman–Crippen MR) is 80.6 cm³/mol. The zero-order chi connectivity index (χ0) is 15.1. The Morgan fingerprint density at radius 1 is 1.20 bits per heavy atom. The van der Waals surface area contributed by atoms with Gasteiger partial charge < -0.3 is 16.0 Å². The van der Waals surface area contributed by atoms with Crippen molar-refractivity contribution in [1.82, 2.24) is 4.90 Å². The van der Waals surface area contributed by atoms with E-state index >= 15 is 0 Å². The van der Waals surface area contributed by atoms with E-state index < -0.39 is 0 Å². The van der Waals surface area contributed by atoms with Crippen molar-refractivity contribution in [3.8, 4) is 0 Å². The monoisotopic (exact) mass is 277 g/mol. The molecule has 1 rings (SSSR count). The zero-order valence-electron chi connectivity index (χ0n) is 12.3. The molecule has 1 aromatic rings. The van der Waals surface area contributed by atoms with Crippen LogP contribution in [0.4, 0.5) is 5.69 Å². The van der Waals surface area contributed by atoms with Crippen molar-refractivity contribution in [3.05, 3.63) is 29.8 Å². The smallest absolute Gasteiger partial charge is 0.253 e. The van der Waals surface area contributed by atoms with Gasteiger partial charge in [0.1, 0.15) is 0 Å². The molecule has 3 N–H and O–H groups in total. The molecule has 0 aliphatic carbocycles. The molecule has 0 saturated carbocycles. The van der Waals surface area contributed by atoms with Gasteiger partial charge in [0.25, 0.3) is 5.91 Å². The number of hydrogen-bond donors (Lipinski definition) is 2. The first-order valence-electron chi connectivity index (χ1n) is 6.92. The van der Waals surface area contributed by atoms with Crippen LogP contribution in [0.1, 0.15) is 37.6 Å². The first-order chi connectivity index (χ1) is 9.47. The maximum Gasteiger partial charge on any atom is 0.253 e. The summed E-state index contributed by atoms with van der Waals surface area (Å²) in [7, 11) is 0. The molecule has 1 atom stereocenters. The van der Waals surface area contributed by atoms with E-state index in [-0.39, 0.29) is 24.3 Å². The highest BCUT2D eigenvalue weighted by atomic mass is 16.2. The summed E-state index contributed by atoms with van der Waals surface area (Å²) in [5, 5.41) is 2.75. The summed E-state index contributed by atoms with van der Waals surface area (Å²) in [5.74, 6) is -0.119. The van der Waals surface area contributed by atoms with Gasteiger partial charge in [-0.25, -0.2) is 0 Å². The third kappa shape index (κ3) is 4.66. The number of rotatable bonds is 6. The number of carbonyl (C=O) groups excluding carboxylic acids is 2. The number of anilines is 1. The highest BCUT2D eigenvalue weighted by molar-refractivity contribution is 5.95. The Balaban J connectivity index is 2.69. The minimum Gasteiger partial charge on any atom is -0.339 e. The molecule has 5 nitrogen and oxygen atoms in total. The number of carbonyl (C=O) groups is 2. The largest absolute Gasteiger partial charge is 0.339 e. The predicted octanol–water partition coefficient (Wildman–Crippen LogP) is 1.84. The summed E-state index contributed by atoms with van der Waals surface area (Å²) in [4.78, 5) is 25.4. The van der Waals surface area contributed by atoms with Crippen LogP contribution in [0.3, 0.4) is 0 Å². The Labute approximate surface area is 120 Å². The Bertz CT molecular complexity index is 451. The Morgan fingerprint density at radius 3 is 2.20 bits per heavy atom. The highest BCUT2D eigenvalue weighted by Gasteiger charge is 2.12. The van der Waals surface area contributed by atoms with Crippen LogP contribution < -0.4 is 11.1 Å². The lowest BCUT2D eigenvalue weighted by Gasteiger charge is -2.18. The molecule has 5 heteroatoms. The number of nitrogens with zero attached hydrogens (tertiary/aromatic N) is 1. The fraction of sp³-hybridized carbons (Fsp3) is 0.467. The Kier molecular flexibility index (Phi) is 6.18. The topological polar surface area (TPSA) is 75.4 Å². The molecule has 0 saturated heterocycles. The van der Waals surface area contributed by atoms with Crippen LogP contribution in [-0.4, -0.2) is 35.8 Å². The minimum absolute atomic E-state index is 0.00320. The molecule has 110 valence electrons. The first kappa shape index (κ1) is 16.2. The summed E-state index contributed by atoms with van der Waals surface area (Å²) in [6.07, 6.45) is 0.278. The van der Waals surface area contributed by atoms with Crippen molar-refractivity contribution in [3.63, 3.8) is 0 Å². The molecule has 0 radical (unpaired) electrons. The molecular formula is C15H23N3O2. The Hall–Kier alpha value is -1.88. The lowest BCUT2D eigenvalue weighted by atomic mass is 10.1. The van der Waals surface area contributed by atoms with E-state index in [4.69, 9.17) is 5.73 Å². The fourth-order valence-corrected chi connectivity index (χ4v) is 1.89. The first-order valence-corrected chi connectivity index (χ1v) is 6.92. The number of benzene rings is 1. The van der Waals surface area contributed by atoms with Crippen molar-refractivity contribution in [2.24, 2.45) is 5.73 Å². The number of nitrogens with two attached hydrogens (primary N) is 1. The number of hydrogen-bond acceptors (Lipinski definition) is 3. The van der Waals surface area contributed by atoms with Crippen molar-refractivity contribution in [2.75, 3.05) is 18.4 Å². The summed E-state index contributed by atoms with van der Waals surface area (Å²) in [6, 6.07) is 6.74. The van der Waals surface area contributed by atoms with Crippen LogP contribution in [-0.2, 0) is 4.79 Å². The fourth-order valence-electron chi connectivity index (χ4n) is 1.89. The molecule has 0 aromatic heterocycles. The van der Waals surface area contributed by atoms with Gasteiger partial charge in [0, 0.05) is 36.8 Å². The van der Waals surface area contributed by atoms with Crippen LogP contribution >= 0.6 is 0 Å². The molecule has 0 spiro atoms. The van der Waals surface area contributed by atoms with E-state index in [2.05, 4.69) is 5.32 Å². The van der Waals surface area contributed by atoms with Crippen molar-refractivity contribution in [1.29, 1.82) is 0 Å². The lowest BCUT2D eigenvalue weighted by molar-refractivity contribution is -0.116. The molecular weight excluding hydrogens is 254 g/mol. The van der Waals surface area contributed by atoms with E-state index in [1.54, 1.807) is 36.1 Å². The van der Waals surface area contributed by atoms with Gasteiger partial charge in [-0.3, -0.25) is 9.59 Å². The standard InChI is InChI=1S/C15H23N3O2/c1-4-18(5-2)15(20)12-6-8-13(9-7-12)17-14(19)10-11(3)16/h6-9,11H,4-5,10,16H2,1-3H3,(H,17,19). The SMILES string of the molecule is CCN(CC)C(=O)c1ccc(NC(=O)CC(C)N)cc1. The molecule has 1 aromatic carbocycles. The van der Waals surface area contributed by atoms with Gasteiger partial charge in [0.05, 0.1) is 0 Å². The maximum atomic E-state index is 12.1. The van der Waals surface area contributed by atoms with Crippen LogP contribution in [0.15, 0.2) is 24.3 Å². The van der Waals surface area contributed by atoms with Gasteiger partial charge in [-0.05, 0) is 45.0 Å². The van der Waals surface area contributed by atoms with E-state index in [1.807, 2.05) is 13.8 Å². The van der Waals surface area contributed by atoms with Gasteiger partial charge in [0.15, 0.2) is 0 Å². The van der Waals surface area contributed by atoms with E-state index in [9.17, 15) is 9.59 Å². The third-order valence-corrected chi connectivity index (χ3v) is 2.97. The van der Waals surface area contributed by atoms with Gasteiger partial charge in [-0.15, -0.1) is 0 Å². The molecule has 2 amide bonds. The number of nitrogens with one attached hydrogen (secondary N) is 1. The summed E-state index contributed by atoms with van der Waals surface area (Å²) in [5.41, 5.74) is 6.86. The molecule has 0 bridgehead atoms. The zero-order valence-corrected chi connectivity index (χ0v) is 12.3. The van der Waals surface area contributed by atoms with Crippen molar-refractivity contribution in [2.45, 2.75) is 33.2 Å². The second-order valence-electron chi connectivity index (χ2n) is 4.78. The third-order valence-electron chi connectivity index (χ3n) is 2.97. The maximum absolute atomic E-state index is 12.1. The van der Waals surface area contributed by atoms with Crippen LogP contribution in [0, 0.1) is 0 Å². The van der Waals surface area contributed by atoms with E-state index in [0.29, 0.717) is 24.3 Å². The van der Waals surface area contributed by atoms with Crippen LogP contribution in [0.25, 0.3) is 0 Å². The van der Waals surface area contributed by atoms with Gasteiger partial charge in [0.2, 0.25) is 5.91 Å². The van der Waals surface area contributed by atoms with Crippen LogP contribution in [0.5, 0.6) is 0 Å². The average molecular weight is 277 g/mol. The average Bonchev–Trinajstić information content (AvgIpc) is 2.39. The van der Waals surface area contributed by atoms with Gasteiger partial charge in [-0.2, -0.15) is 0 Å². The summed E-state index contributed by atoms with van der Waals surface area (Å²) < 4.78 is 0. The molecule has 0 aliphatic heterocycles. The van der Waals surface area contributed by atoms with Gasteiger partial charge >= 0.3 is 0 Å². The highest BCUT2D eigenvalue weighted by Crippen LogP contribution is 2.12. The molecule has 0 aliphatic rings. The summed E-state index contributed by atoms with van der Waals surface area (Å²) >= 11 is 0. The summed E-state index contributed by atoms with van der Waals surface area (Å²) in [6.45, 7) is 7.05. The quantitative estimate of drug-likeness (QED) is 0.833. The molecule has 0 heterocycles. The Morgan fingerprint density at radius 2 is 1.75 bits per heavy atom. The van der Waals surface area contributed by atoms with Crippen LogP contribution in [0.2, 0.25) is 0 Å². The second-order valence-corrected chi connectivity index (χ2v) is 4.78. The minimum atomic E-state index is -0.168. The van der Waals surface area contributed by atoms with Crippen molar-refractivity contribution >= 4 is 17.5 Å². The lowest BCUT2D eigenvalue weighted by Crippen LogP contribution is -2.30. The molecule has 20 heavy (non-hydrogen) atoms. The van der Waals surface area contributed by atoms with E-state index in [1.165, 1.54) is 0 Å². The molecule has 0 fully saturated rings. The van der Waals surface area contributed by atoms with Crippen molar-refractivity contribution < 1.29 is 9.59 Å². The number of amides is 2. The normalized spacial score (nSPS) is 11.8. The second kappa shape index (κ2) is 7.65. The van der Waals surface area contributed by atoms with E-state index in [0.717, 1.165) is 0 Å². The van der Waals surface area contributed by atoms with Gasteiger partial charge in [-0.1, -0.05) is 0 Å².